The highest BCUT2D eigenvalue weighted by atomic mass is 35.5. The molecule has 0 bridgehead atoms. The molecule has 330 valence electrons. The zero-order valence-corrected chi connectivity index (χ0v) is 38.1. The van der Waals surface area contributed by atoms with Gasteiger partial charge < -0.3 is 15.5 Å². The topological polar surface area (TPSA) is 206 Å². The number of aromatic nitrogens is 12. The second-order valence-corrected chi connectivity index (χ2v) is 16.1. The summed E-state index contributed by atoms with van der Waals surface area (Å²) in [5.41, 5.74) is 4.39. The van der Waals surface area contributed by atoms with Crippen molar-refractivity contribution in [2.75, 3.05) is 42.2 Å². The van der Waals surface area contributed by atoms with E-state index < -0.39 is 0 Å². The second kappa shape index (κ2) is 20.9. The molecule has 0 aliphatic carbocycles. The van der Waals surface area contributed by atoms with E-state index in [1.165, 1.54) is 18.6 Å². The van der Waals surface area contributed by atoms with Gasteiger partial charge in [-0.1, -0.05) is 52.6 Å². The first kappa shape index (κ1) is 45.7. The van der Waals surface area contributed by atoms with Crippen LogP contribution in [0.5, 0.6) is 0 Å². The van der Waals surface area contributed by atoms with Crippen molar-refractivity contribution in [2.24, 2.45) is 0 Å². The molecule has 0 unspecified atom stereocenters. The predicted octanol–water partition coefficient (Wildman–Crippen LogP) is 6.34. The Morgan fingerprint density at radius 2 is 1.03 bits per heavy atom. The summed E-state index contributed by atoms with van der Waals surface area (Å²) < 4.78 is 10.5. The van der Waals surface area contributed by atoms with Gasteiger partial charge in [-0.15, -0.1) is 18.8 Å². The molecule has 0 atom stereocenters. The minimum Gasteiger partial charge on any atom is -0.358 e. The quantitative estimate of drug-likeness (QED) is 0.153. The van der Waals surface area contributed by atoms with Crippen LogP contribution in [0.4, 0.5) is 17.5 Å². The first-order valence-corrected chi connectivity index (χ1v) is 22.0. The number of anilines is 3. The van der Waals surface area contributed by atoms with Crippen LogP contribution in [0.15, 0.2) is 18.6 Å². The average molecular weight is 930 g/mol. The summed E-state index contributed by atoms with van der Waals surface area (Å²) in [4.78, 5) is 1.79. The van der Waals surface area contributed by atoms with Crippen LogP contribution in [0.2, 0.25) is 15.1 Å². The fraction of sp³-hybridized carbons (Fsp3) is 0.386. The molecule has 0 spiro atoms. The number of nitrogens with zero attached hydrogens (tertiary/aromatic N) is 16. The van der Waals surface area contributed by atoms with Crippen LogP contribution < -0.4 is 15.5 Å². The van der Waals surface area contributed by atoms with Gasteiger partial charge in [-0.2, -0.15) is 60.4 Å². The molecule has 0 aromatic carbocycles. The smallest absolute Gasteiger partial charge is 0.196 e. The monoisotopic (exact) mass is 928 g/mol. The van der Waals surface area contributed by atoms with E-state index in [0.717, 1.165) is 94.5 Å². The fourth-order valence-electron chi connectivity index (χ4n) is 7.75. The molecule has 9 heterocycles. The Morgan fingerprint density at radius 3 is 1.43 bits per heavy atom. The van der Waals surface area contributed by atoms with Crippen molar-refractivity contribution < 1.29 is 0 Å². The second-order valence-electron chi connectivity index (χ2n) is 15.0. The van der Waals surface area contributed by atoms with E-state index in [1.807, 2.05) is 21.1 Å². The lowest BCUT2D eigenvalue weighted by Crippen LogP contribution is -2.21. The summed E-state index contributed by atoms with van der Waals surface area (Å²) in [6, 6.07) is 6.34. The van der Waals surface area contributed by atoms with Crippen LogP contribution in [-0.4, -0.2) is 85.4 Å². The molecule has 6 aromatic heterocycles. The lowest BCUT2D eigenvalue weighted by molar-refractivity contribution is 0.484. The summed E-state index contributed by atoms with van der Waals surface area (Å²) in [5, 5.41) is 62.0. The highest BCUT2D eigenvalue weighted by molar-refractivity contribution is 6.33. The van der Waals surface area contributed by atoms with Gasteiger partial charge in [0.05, 0.1) is 55.3 Å². The Hall–Kier alpha value is -7.32. The number of halogens is 3. The molecule has 2 N–H and O–H groups in total. The summed E-state index contributed by atoms with van der Waals surface area (Å²) in [7, 11) is 1.82. The normalized spacial score (nSPS) is 13.2. The lowest BCUT2D eigenvalue weighted by atomic mass is 10.1. The Bertz CT molecular complexity index is 2980. The van der Waals surface area contributed by atoms with Gasteiger partial charge in [0.1, 0.15) is 50.0 Å². The van der Waals surface area contributed by atoms with E-state index in [0.29, 0.717) is 86.3 Å². The maximum Gasteiger partial charge on any atom is 0.196 e. The fourth-order valence-corrected chi connectivity index (χ4v) is 8.68. The Morgan fingerprint density at radius 1 is 0.615 bits per heavy atom. The minimum absolute atomic E-state index is 0.297. The number of hydrogen-bond donors (Lipinski definition) is 2. The summed E-state index contributed by atoms with van der Waals surface area (Å²) in [5.74, 6) is 14.1. The number of nitrogens with one attached hydrogen (secondary N) is 2. The molecule has 21 heteroatoms. The molecule has 0 fully saturated rings. The zero-order chi connectivity index (χ0) is 46.0. The highest BCUT2D eigenvalue weighted by Gasteiger charge is 2.27. The number of fused-ring (bicyclic) bond motifs is 3. The van der Waals surface area contributed by atoms with E-state index in [4.69, 9.17) is 52.9 Å². The van der Waals surface area contributed by atoms with E-state index in [-0.39, 0.29) is 0 Å². The van der Waals surface area contributed by atoms with Gasteiger partial charge in [-0.25, -0.2) is 0 Å². The van der Waals surface area contributed by atoms with Crippen molar-refractivity contribution in [1.29, 1.82) is 15.8 Å². The molecule has 18 nitrogen and oxygen atoms in total. The molecule has 3 aliphatic rings. The van der Waals surface area contributed by atoms with Gasteiger partial charge in [0.2, 0.25) is 0 Å². The van der Waals surface area contributed by atoms with E-state index in [2.05, 4.69) is 83.1 Å². The first-order valence-electron chi connectivity index (χ1n) is 20.9. The Balaban J connectivity index is 0.000000145. The molecular weight excluding hydrogens is 887 g/mol. The number of terminal acetylenes is 2. The number of nitriles is 3. The van der Waals surface area contributed by atoms with Gasteiger partial charge in [-0.3, -0.25) is 14.0 Å². The average Bonchev–Trinajstić information content (AvgIpc) is 4.20. The van der Waals surface area contributed by atoms with Crippen LogP contribution in [0.3, 0.4) is 0 Å². The molecule has 3 aliphatic heterocycles. The van der Waals surface area contributed by atoms with Crippen molar-refractivity contribution in [3.63, 3.8) is 0 Å². The molecule has 0 radical (unpaired) electrons. The third-order valence-corrected chi connectivity index (χ3v) is 12.0. The largest absolute Gasteiger partial charge is 0.358 e. The summed E-state index contributed by atoms with van der Waals surface area (Å²) in [6.07, 6.45) is 24.5. The number of hydrogen-bond acceptors (Lipinski definition) is 12. The molecular formula is C44H43Cl3N18. The maximum atomic E-state index is 9.29. The van der Waals surface area contributed by atoms with Gasteiger partial charge >= 0.3 is 0 Å². The van der Waals surface area contributed by atoms with E-state index >= 15 is 0 Å². The van der Waals surface area contributed by atoms with Crippen LogP contribution in [0.25, 0.3) is 17.5 Å². The lowest BCUT2D eigenvalue weighted by Gasteiger charge is -2.17. The molecule has 6 aromatic rings. The number of aryl methyl sites for hydroxylation is 3. The van der Waals surface area contributed by atoms with Crippen LogP contribution in [0.1, 0.15) is 79.2 Å². The van der Waals surface area contributed by atoms with Gasteiger partial charge in [0.25, 0.3) is 0 Å². The van der Waals surface area contributed by atoms with Crippen molar-refractivity contribution >= 4 is 52.3 Å². The van der Waals surface area contributed by atoms with Gasteiger partial charge in [0.15, 0.2) is 34.9 Å². The molecule has 65 heavy (non-hydrogen) atoms. The van der Waals surface area contributed by atoms with Crippen molar-refractivity contribution in [3.8, 4) is 72.2 Å². The van der Waals surface area contributed by atoms with Gasteiger partial charge in [-0.05, 0) is 64.7 Å². The third kappa shape index (κ3) is 9.34. The van der Waals surface area contributed by atoms with Gasteiger partial charge in [0, 0.05) is 26.7 Å². The Labute approximate surface area is 391 Å². The molecule has 0 saturated carbocycles. The van der Waals surface area contributed by atoms with Crippen molar-refractivity contribution in [2.45, 2.75) is 84.3 Å². The zero-order valence-electron chi connectivity index (χ0n) is 35.8. The predicted molar refractivity (Wildman–Crippen MR) is 247 cm³/mol. The van der Waals surface area contributed by atoms with Crippen LogP contribution in [0, 0.1) is 70.5 Å². The third-order valence-electron chi connectivity index (χ3n) is 10.8. The number of rotatable bonds is 9. The molecule has 0 saturated heterocycles. The van der Waals surface area contributed by atoms with Crippen molar-refractivity contribution in [3.05, 3.63) is 67.4 Å². The Kier molecular flexibility index (Phi) is 14.7. The van der Waals surface area contributed by atoms with Crippen molar-refractivity contribution in [1.82, 2.24) is 58.7 Å². The minimum atomic E-state index is 0.297. The highest BCUT2D eigenvalue weighted by Crippen LogP contribution is 2.34. The SMILES string of the molecule is C#CCN(C)c1c(C#N)cnn1-c1nn2c(c1Cl)CCCC2.C#CCNc1c(C#N)cnn1-c1nn2c(c1Cl)CCCC2.CC#CCNc1c(C#N)cnn1-c1nn2c(c1Cl)CCCC2. The van der Waals surface area contributed by atoms with E-state index in [9.17, 15) is 10.5 Å². The summed E-state index contributed by atoms with van der Waals surface area (Å²) in [6.45, 7) is 5.45. The van der Waals surface area contributed by atoms with E-state index in [1.54, 1.807) is 25.9 Å². The standard InChI is InChI=1S/2C15H15ClN6.C14H13ClN6/c1-3-7-20(2)15-11(9-17)10-18-22(15)14-13(16)12-6-4-5-8-21(12)19-14;1-2-3-7-18-14-11(9-17)10-19-22(14)15-13(16)12-6-4-5-8-21(12)20-15;1-2-6-17-13-10(8-16)9-18-21(13)14-12(15)11-5-3-4-7-20(11)19-14/h1,10H,4-8H2,2H3;10,18H,4-8H2,1H3;1,9,17H,3-7H2. The molecule has 9 rings (SSSR count). The first-order chi connectivity index (χ1) is 31.7. The maximum absolute atomic E-state index is 9.29. The summed E-state index contributed by atoms with van der Waals surface area (Å²) >= 11 is 19.4. The van der Waals surface area contributed by atoms with Crippen LogP contribution >= 0.6 is 34.8 Å². The van der Waals surface area contributed by atoms with Crippen LogP contribution in [-0.2, 0) is 38.9 Å². The molecule has 0 amide bonds.